The molecule has 6 nitrogen and oxygen atoms in total. The number of nitrogens with zero attached hydrogens (tertiary/aromatic N) is 5. The fourth-order valence-electron chi connectivity index (χ4n) is 7.79. The van der Waals surface area contributed by atoms with Crippen molar-refractivity contribution in [1.82, 2.24) is 24.5 Å². The number of rotatable bonds is 9. The number of fused-ring (bicyclic) bond motifs is 4. The Balaban J connectivity index is 0.000000198. The van der Waals surface area contributed by atoms with Crippen molar-refractivity contribution in [2.45, 2.75) is 92.9 Å². The van der Waals surface area contributed by atoms with Gasteiger partial charge in [-0.05, 0) is 55.1 Å². The third-order valence-corrected chi connectivity index (χ3v) is 13.8. The van der Waals surface area contributed by atoms with Crippen molar-refractivity contribution < 1.29 is 24.5 Å². The van der Waals surface area contributed by atoms with Gasteiger partial charge in [0.05, 0.1) is 41.9 Å². The van der Waals surface area contributed by atoms with Gasteiger partial charge in [-0.2, -0.15) is 0 Å². The Morgan fingerprint density at radius 2 is 1.54 bits per heavy atom. The van der Waals surface area contributed by atoms with Crippen LogP contribution in [0.1, 0.15) is 77.6 Å². The van der Waals surface area contributed by atoms with Gasteiger partial charge in [0, 0.05) is 49.5 Å². The predicted molar refractivity (Wildman–Crippen MR) is 236 cm³/mol. The van der Waals surface area contributed by atoms with Gasteiger partial charge >= 0.3 is 0 Å². The van der Waals surface area contributed by atoms with Crippen LogP contribution in [0.4, 0.5) is 0 Å². The fraction of sp³-hybridized carbons (Fsp3) is 0.306. The molecule has 57 heavy (non-hydrogen) atoms. The molecule has 1 radical (unpaired) electrons. The summed E-state index contributed by atoms with van der Waals surface area (Å²) in [6.45, 7) is 23.1. The van der Waals surface area contributed by atoms with E-state index < -0.39 is 8.07 Å². The van der Waals surface area contributed by atoms with E-state index in [0.29, 0.717) is 17.0 Å². The summed E-state index contributed by atoms with van der Waals surface area (Å²) in [5.41, 5.74) is 11.2. The van der Waals surface area contributed by atoms with Crippen molar-refractivity contribution in [1.29, 1.82) is 0 Å². The molecule has 3 aromatic carbocycles. The number of furan rings is 1. The minimum absolute atomic E-state index is 0. The van der Waals surface area contributed by atoms with Gasteiger partial charge < -0.3 is 14.0 Å². The molecule has 5 aromatic heterocycles. The second kappa shape index (κ2) is 17.0. The molecule has 8 rings (SSSR count). The first-order valence-electron chi connectivity index (χ1n) is 19.9. The molecular weight excluding hydrogens is 895 g/mol. The summed E-state index contributed by atoms with van der Waals surface area (Å²) >= 11 is 0. The third kappa shape index (κ3) is 8.32. The molecule has 0 aliphatic heterocycles. The van der Waals surface area contributed by atoms with E-state index in [2.05, 4.69) is 125 Å². The van der Waals surface area contributed by atoms with Crippen LogP contribution in [0.15, 0.2) is 108 Å². The fourth-order valence-corrected chi connectivity index (χ4v) is 9.39. The average molecular weight is 948 g/mol. The number of imidazole rings is 1. The number of aryl methyl sites for hydroxylation is 1. The van der Waals surface area contributed by atoms with E-state index in [0.717, 1.165) is 67.0 Å². The summed E-state index contributed by atoms with van der Waals surface area (Å²) in [6, 6.07) is 37.7. The topological polar surface area (TPSA) is 69.6 Å². The number of hydrogen-bond donors (Lipinski definition) is 0. The zero-order chi connectivity index (χ0) is 39.8. The zero-order valence-electron chi connectivity index (χ0n) is 34.9. The SMILES string of the molecule is CCC(C)(CC)C(C)c1cc(-c2[c-]cccc2)ncc1[Si](C)(C)C.Cc1nccc2nc(-c3[c-]cc4c(c3)oc3nc(-c5ccccc5)ccc34)n(C(C)C)c12.[Ir]. The molecular formula is C49H53IrN5OSi-2. The van der Waals surface area contributed by atoms with Gasteiger partial charge in [0.15, 0.2) is 0 Å². The summed E-state index contributed by atoms with van der Waals surface area (Å²) in [6.07, 6.45) is 6.36. The molecule has 1 unspecified atom stereocenters. The van der Waals surface area contributed by atoms with Crippen LogP contribution in [0.2, 0.25) is 19.6 Å². The molecule has 295 valence electrons. The van der Waals surface area contributed by atoms with Crippen LogP contribution in [0, 0.1) is 24.5 Å². The second-order valence-electron chi connectivity index (χ2n) is 16.6. The van der Waals surface area contributed by atoms with Crippen molar-refractivity contribution in [3.8, 4) is 33.9 Å². The van der Waals surface area contributed by atoms with Crippen molar-refractivity contribution in [2.75, 3.05) is 0 Å². The van der Waals surface area contributed by atoms with Crippen LogP contribution in [0.3, 0.4) is 0 Å². The molecule has 5 heterocycles. The van der Waals surface area contributed by atoms with Crippen molar-refractivity contribution in [3.63, 3.8) is 0 Å². The van der Waals surface area contributed by atoms with Gasteiger partial charge in [-0.25, -0.2) is 4.98 Å². The summed E-state index contributed by atoms with van der Waals surface area (Å²) in [4.78, 5) is 18.9. The quantitative estimate of drug-likeness (QED) is 0.106. The van der Waals surface area contributed by atoms with E-state index in [1.54, 1.807) is 6.20 Å². The van der Waals surface area contributed by atoms with E-state index in [-0.39, 0.29) is 26.1 Å². The van der Waals surface area contributed by atoms with Gasteiger partial charge in [-0.15, -0.1) is 53.6 Å². The number of aromatic nitrogens is 5. The first kappa shape index (κ1) is 41.9. The Bertz CT molecular complexity index is 2620. The monoisotopic (exact) mass is 948 g/mol. The maximum Gasteiger partial charge on any atom is 0.216 e. The molecule has 0 bridgehead atoms. The Labute approximate surface area is 352 Å². The van der Waals surface area contributed by atoms with Crippen LogP contribution >= 0.6 is 0 Å². The predicted octanol–water partition coefficient (Wildman–Crippen LogP) is 12.8. The average Bonchev–Trinajstić information content (AvgIpc) is 3.80. The van der Waals surface area contributed by atoms with E-state index in [4.69, 9.17) is 19.4 Å². The van der Waals surface area contributed by atoms with Crippen molar-refractivity contribution in [2.24, 2.45) is 5.41 Å². The molecule has 8 heteroatoms. The zero-order valence-corrected chi connectivity index (χ0v) is 38.3. The maximum absolute atomic E-state index is 6.19. The molecule has 0 saturated carbocycles. The van der Waals surface area contributed by atoms with E-state index in [1.165, 1.54) is 23.6 Å². The molecule has 1 atom stereocenters. The molecule has 0 N–H and O–H groups in total. The number of benzene rings is 3. The van der Waals surface area contributed by atoms with Crippen LogP contribution in [0.25, 0.3) is 67.0 Å². The summed E-state index contributed by atoms with van der Waals surface area (Å²) in [5.74, 6) is 1.39. The molecule has 0 fully saturated rings. The molecule has 0 aliphatic carbocycles. The van der Waals surface area contributed by atoms with Gasteiger partial charge in [0.25, 0.3) is 0 Å². The van der Waals surface area contributed by atoms with Gasteiger partial charge in [-0.1, -0.05) is 120 Å². The molecule has 8 aromatic rings. The summed E-state index contributed by atoms with van der Waals surface area (Å²) in [7, 11) is -1.44. The summed E-state index contributed by atoms with van der Waals surface area (Å²) < 4.78 is 8.42. The minimum atomic E-state index is -1.44. The first-order valence-corrected chi connectivity index (χ1v) is 23.4. The standard InChI is InChI=1S/C27H21N4O.C22H32NSi.Ir/c1-16(2)31-25-17(3)28-14-13-23(25)29-26(31)19-9-10-20-21-11-12-22(18-7-5-4-6-8-18)30-27(21)32-24(20)15-19;1-8-22(4,9-2)17(3)19-15-20(18-13-11-10-12-14-18)23-16-21(19)24(5,6)7;/h4-8,10-16H,1-3H3;10-13,15-17H,8-9H2,1-7H3;/q2*-1;. The number of pyridine rings is 3. The Morgan fingerprint density at radius 3 is 2.21 bits per heavy atom. The number of hydrogen-bond acceptors (Lipinski definition) is 5. The Morgan fingerprint density at radius 1 is 0.807 bits per heavy atom. The third-order valence-electron chi connectivity index (χ3n) is 11.7. The van der Waals surface area contributed by atoms with Crippen molar-refractivity contribution >= 4 is 46.4 Å². The second-order valence-corrected chi connectivity index (χ2v) is 21.6. The molecule has 0 amide bonds. The Hall–Kier alpha value is -4.75. The first-order chi connectivity index (χ1) is 26.8. The Kier molecular flexibility index (Phi) is 12.5. The summed E-state index contributed by atoms with van der Waals surface area (Å²) in [5, 5.41) is 3.49. The smallest absolute Gasteiger partial charge is 0.216 e. The van der Waals surface area contributed by atoms with Crippen LogP contribution in [-0.4, -0.2) is 32.6 Å². The van der Waals surface area contributed by atoms with E-state index in [1.807, 2.05) is 61.5 Å². The molecule has 0 spiro atoms. The van der Waals surface area contributed by atoms with Gasteiger partial charge in [0.2, 0.25) is 5.71 Å². The van der Waals surface area contributed by atoms with Crippen LogP contribution in [-0.2, 0) is 20.1 Å². The maximum atomic E-state index is 6.19. The molecule has 0 saturated heterocycles. The van der Waals surface area contributed by atoms with Gasteiger partial charge in [-0.3, -0.25) is 9.97 Å². The van der Waals surface area contributed by atoms with E-state index >= 15 is 0 Å². The van der Waals surface area contributed by atoms with Crippen LogP contribution in [0.5, 0.6) is 0 Å². The minimum Gasteiger partial charge on any atom is -0.458 e. The molecule has 0 aliphatic rings. The largest absolute Gasteiger partial charge is 0.458 e. The van der Waals surface area contributed by atoms with E-state index in [9.17, 15) is 0 Å². The van der Waals surface area contributed by atoms with Gasteiger partial charge in [0.1, 0.15) is 0 Å². The van der Waals surface area contributed by atoms with Crippen molar-refractivity contribution in [3.05, 3.63) is 127 Å². The normalized spacial score (nSPS) is 12.5. The van der Waals surface area contributed by atoms with Crippen LogP contribution < -0.4 is 5.19 Å².